The largest absolute Gasteiger partial charge is 0.393 e. The van der Waals surface area contributed by atoms with E-state index in [1.165, 1.54) is 30.4 Å². The Morgan fingerprint density at radius 2 is 1.78 bits per heavy atom. The van der Waals surface area contributed by atoms with Gasteiger partial charge in [-0.05, 0) is 78.6 Å². The van der Waals surface area contributed by atoms with Gasteiger partial charge in [-0.25, -0.2) is 9.97 Å². The number of aromatic nitrogens is 2. The van der Waals surface area contributed by atoms with Gasteiger partial charge in [0.1, 0.15) is 6.33 Å². The van der Waals surface area contributed by atoms with E-state index in [-0.39, 0.29) is 11.5 Å². The Labute approximate surface area is 163 Å². The Kier molecular flexibility index (Phi) is 3.92. The van der Waals surface area contributed by atoms with Crippen LogP contribution in [-0.4, -0.2) is 21.2 Å². The first kappa shape index (κ1) is 17.6. The Bertz CT molecular complexity index is 800. The molecule has 4 aliphatic rings. The van der Waals surface area contributed by atoms with Gasteiger partial charge in [-0.1, -0.05) is 38.5 Å². The summed E-state index contributed by atoms with van der Waals surface area (Å²) in [6.45, 7) is 7.43. The van der Waals surface area contributed by atoms with Gasteiger partial charge in [0.2, 0.25) is 0 Å². The van der Waals surface area contributed by atoms with Gasteiger partial charge in [-0.15, -0.1) is 0 Å². The van der Waals surface area contributed by atoms with Crippen molar-refractivity contribution in [2.75, 3.05) is 0 Å². The molecule has 4 aliphatic carbocycles. The van der Waals surface area contributed by atoms with Crippen molar-refractivity contribution in [2.45, 2.75) is 65.4 Å². The highest BCUT2D eigenvalue weighted by atomic mass is 16.3. The van der Waals surface area contributed by atoms with Crippen molar-refractivity contribution < 1.29 is 5.11 Å². The van der Waals surface area contributed by atoms with Crippen LogP contribution in [0.15, 0.2) is 36.4 Å². The fourth-order valence-corrected chi connectivity index (χ4v) is 7.46. The molecule has 1 N–H and O–H groups in total. The summed E-state index contributed by atoms with van der Waals surface area (Å²) in [6.07, 6.45) is 17.3. The van der Waals surface area contributed by atoms with E-state index in [1.807, 2.05) is 12.4 Å². The fourth-order valence-electron chi connectivity index (χ4n) is 7.46. The van der Waals surface area contributed by atoms with Crippen LogP contribution in [0.5, 0.6) is 0 Å². The molecule has 27 heavy (non-hydrogen) atoms. The average molecular weight is 365 g/mol. The molecule has 0 spiro atoms. The Balaban J connectivity index is 1.52. The zero-order valence-electron chi connectivity index (χ0n) is 16.9. The molecule has 144 valence electrons. The van der Waals surface area contributed by atoms with Gasteiger partial charge in [0.05, 0.1) is 6.10 Å². The van der Waals surface area contributed by atoms with E-state index in [9.17, 15) is 5.11 Å². The second kappa shape index (κ2) is 6.01. The summed E-state index contributed by atoms with van der Waals surface area (Å²) in [6, 6.07) is 0. The molecule has 1 aromatic heterocycles. The predicted molar refractivity (Wildman–Crippen MR) is 108 cm³/mol. The lowest BCUT2D eigenvalue weighted by atomic mass is 9.45. The SMILES string of the molecule is C[C@H]1C=C2C[C@H](O)CC[C@]2(C)[C@H]2CC[C@]3(C)C(c4cncnc4)=CC[C@H]3[C@H]12. The third-order valence-electron chi connectivity index (χ3n) is 8.86. The van der Waals surface area contributed by atoms with Crippen LogP contribution in [0.2, 0.25) is 0 Å². The molecule has 0 unspecified atom stereocenters. The van der Waals surface area contributed by atoms with E-state index in [2.05, 4.69) is 42.9 Å². The van der Waals surface area contributed by atoms with Crippen LogP contribution in [0.25, 0.3) is 5.57 Å². The summed E-state index contributed by atoms with van der Waals surface area (Å²) in [5.41, 5.74) is 4.80. The minimum Gasteiger partial charge on any atom is -0.393 e. The molecule has 2 saturated carbocycles. The molecule has 0 saturated heterocycles. The molecule has 3 nitrogen and oxygen atoms in total. The van der Waals surface area contributed by atoms with Crippen molar-refractivity contribution in [3.8, 4) is 0 Å². The first-order chi connectivity index (χ1) is 12.9. The van der Waals surface area contributed by atoms with Gasteiger partial charge in [0.15, 0.2) is 0 Å². The number of nitrogens with zero attached hydrogens (tertiary/aromatic N) is 2. The average Bonchev–Trinajstić information content (AvgIpc) is 3.01. The number of hydrogen-bond acceptors (Lipinski definition) is 3. The number of rotatable bonds is 1. The lowest BCUT2D eigenvalue weighted by molar-refractivity contribution is -0.0425. The lowest BCUT2D eigenvalue weighted by Gasteiger charge is -2.59. The monoisotopic (exact) mass is 364 g/mol. The van der Waals surface area contributed by atoms with Gasteiger partial charge in [-0.3, -0.25) is 0 Å². The number of aliphatic hydroxyl groups is 1. The van der Waals surface area contributed by atoms with Crippen LogP contribution in [-0.2, 0) is 0 Å². The van der Waals surface area contributed by atoms with Crippen LogP contribution in [0, 0.1) is 34.5 Å². The maximum Gasteiger partial charge on any atom is 0.115 e. The van der Waals surface area contributed by atoms with Gasteiger partial charge in [0, 0.05) is 18.0 Å². The molecule has 0 bridgehead atoms. The Hall–Kier alpha value is -1.48. The van der Waals surface area contributed by atoms with Gasteiger partial charge in [-0.2, -0.15) is 0 Å². The van der Waals surface area contributed by atoms with E-state index in [1.54, 1.807) is 11.9 Å². The molecule has 2 fully saturated rings. The molecule has 7 atom stereocenters. The minimum atomic E-state index is -0.125. The smallest absolute Gasteiger partial charge is 0.115 e. The number of hydrogen-bond donors (Lipinski definition) is 1. The summed E-state index contributed by atoms with van der Waals surface area (Å²) in [4.78, 5) is 8.56. The van der Waals surface area contributed by atoms with E-state index in [0.29, 0.717) is 17.3 Å². The zero-order valence-corrected chi connectivity index (χ0v) is 16.9. The third kappa shape index (κ3) is 2.43. The number of aliphatic hydroxyl groups excluding tert-OH is 1. The normalized spacial score (nSPS) is 46.0. The van der Waals surface area contributed by atoms with Crippen LogP contribution >= 0.6 is 0 Å². The number of allylic oxidation sites excluding steroid dienone is 3. The van der Waals surface area contributed by atoms with E-state index < -0.39 is 0 Å². The van der Waals surface area contributed by atoms with Crippen LogP contribution < -0.4 is 0 Å². The maximum atomic E-state index is 10.2. The molecular formula is C24H32N2O. The van der Waals surface area contributed by atoms with Crippen LogP contribution in [0.3, 0.4) is 0 Å². The maximum absolute atomic E-state index is 10.2. The third-order valence-corrected chi connectivity index (χ3v) is 8.86. The molecule has 5 rings (SSSR count). The van der Waals surface area contributed by atoms with Crippen LogP contribution in [0.1, 0.15) is 64.9 Å². The van der Waals surface area contributed by atoms with Gasteiger partial charge < -0.3 is 5.11 Å². The van der Waals surface area contributed by atoms with Crippen molar-refractivity contribution >= 4 is 5.57 Å². The molecule has 0 amide bonds. The summed E-state index contributed by atoms with van der Waals surface area (Å²) in [7, 11) is 0. The first-order valence-corrected chi connectivity index (χ1v) is 10.8. The molecule has 1 aromatic rings. The topological polar surface area (TPSA) is 46.0 Å². The fraction of sp³-hybridized carbons (Fsp3) is 0.667. The highest BCUT2D eigenvalue weighted by Gasteiger charge is 2.58. The van der Waals surface area contributed by atoms with E-state index in [4.69, 9.17) is 0 Å². The number of fused-ring (bicyclic) bond motifs is 5. The Morgan fingerprint density at radius 3 is 2.56 bits per heavy atom. The molecule has 0 radical (unpaired) electrons. The summed E-state index contributed by atoms with van der Waals surface area (Å²) < 4.78 is 0. The Morgan fingerprint density at radius 1 is 1.04 bits per heavy atom. The molecule has 3 heteroatoms. The van der Waals surface area contributed by atoms with E-state index >= 15 is 0 Å². The quantitative estimate of drug-likeness (QED) is 0.710. The summed E-state index contributed by atoms with van der Waals surface area (Å²) >= 11 is 0. The minimum absolute atomic E-state index is 0.125. The van der Waals surface area contributed by atoms with Crippen molar-refractivity contribution in [3.05, 3.63) is 42.0 Å². The molecule has 0 aromatic carbocycles. The van der Waals surface area contributed by atoms with Crippen molar-refractivity contribution in [1.82, 2.24) is 9.97 Å². The predicted octanol–water partition coefficient (Wildman–Crippen LogP) is 5.04. The highest BCUT2D eigenvalue weighted by Crippen LogP contribution is 2.67. The second-order valence-electron chi connectivity index (χ2n) is 10.1. The molecule has 0 aliphatic heterocycles. The second-order valence-corrected chi connectivity index (χ2v) is 10.1. The van der Waals surface area contributed by atoms with Crippen molar-refractivity contribution in [3.63, 3.8) is 0 Å². The summed E-state index contributed by atoms with van der Waals surface area (Å²) in [5.74, 6) is 2.82. The zero-order chi connectivity index (χ0) is 18.8. The van der Waals surface area contributed by atoms with Crippen molar-refractivity contribution in [2.24, 2.45) is 34.5 Å². The summed E-state index contributed by atoms with van der Waals surface area (Å²) in [5, 5.41) is 10.2. The van der Waals surface area contributed by atoms with Gasteiger partial charge in [0.25, 0.3) is 0 Å². The first-order valence-electron chi connectivity index (χ1n) is 10.8. The van der Waals surface area contributed by atoms with Crippen molar-refractivity contribution in [1.29, 1.82) is 0 Å². The molecule has 1 heterocycles. The molecular weight excluding hydrogens is 332 g/mol. The van der Waals surface area contributed by atoms with Crippen LogP contribution in [0.4, 0.5) is 0 Å². The van der Waals surface area contributed by atoms with Gasteiger partial charge >= 0.3 is 0 Å². The lowest BCUT2D eigenvalue weighted by Crippen LogP contribution is -2.52. The van der Waals surface area contributed by atoms with E-state index in [0.717, 1.165) is 31.1 Å². The standard InChI is InChI=1S/C24H32N2O/c1-15-10-17-11-18(27)6-8-23(17,2)21-7-9-24(3)19(4-5-20(24)22(15)21)16-12-25-14-26-13-16/h4,10,12-15,18,20-22,27H,5-9,11H2,1-3H3/t15-,18+,20-,21-,22-,23-,24+/m0/s1. The highest BCUT2D eigenvalue weighted by molar-refractivity contribution is 5.72.